The molecule has 82 valence electrons. The molecule has 1 aliphatic carbocycles. The Kier molecular flexibility index (Phi) is 2.53. The molecule has 2 heterocycles. The topological polar surface area (TPSA) is 38.9 Å². The van der Waals surface area contributed by atoms with E-state index in [0.717, 1.165) is 18.5 Å². The molecule has 1 unspecified atom stereocenters. The van der Waals surface area contributed by atoms with E-state index in [4.69, 9.17) is 10.7 Å². The number of thiazole rings is 1. The molecule has 0 radical (unpaired) electrons. The quantitative estimate of drug-likeness (QED) is 0.863. The van der Waals surface area contributed by atoms with Crippen LogP contribution in [0.15, 0.2) is 5.38 Å². The van der Waals surface area contributed by atoms with Crippen molar-refractivity contribution >= 4 is 23.1 Å². The van der Waals surface area contributed by atoms with Crippen molar-refractivity contribution < 1.29 is 0 Å². The molecule has 2 nitrogen and oxygen atoms in total. The van der Waals surface area contributed by atoms with Crippen LogP contribution < -0.4 is 5.73 Å². The second-order valence-corrected chi connectivity index (χ2v) is 6.78. The molecule has 4 heteroatoms. The van der Waals surface area contributed by atoms with Crippen molar-refractivity contribution in [2.45, 2.75) is 42.9 Å². The summed E-state index contributed by atoms with van der Waals surface area (Å²) in [5, 5.41) is 4.16. The lowest BCUT2D eigenvalue weighted by molar-refractivity contribution is 0.247. The number of hydrogen-bond acceptors (Lipinski definition) is 4. The summed E-state index contributed by atoms with van der Waals surface area (Å²) in [6.07, 6.45) is 6.15. The summed E-state index contributed by atoms with van der Waals surface area (Å²) < 4.78 is 0. The number of nitrogens with zero attached hydrogens (tertiary/aromatic N) is 1. The number of rotatable bonds is 2. The van der Waals surface area contributed by atoms with Crippen LogP contribution in [-0.2, 0) is 5.54 Å². The lowest BCUT2D eigenvalue weighted by Gasteiger charge is -2.36. The van der Waals surface area contributed by atoms with Gasteiger partial charge in [-0.05, 0) is 37.9 Å². The Balaban J connectivity index is 1.80. The lowest BCUT2D eigenvalue weighted by atomic mass is 9.76. The lowest BCUT2D eigenvalue weighted by Crippen LogP contribution is -2.43. The standard InChI is InChI=1S/C11H16N2S2/c12-11(4-2-5-11)9-7-15-10(13-9)8-3-1-6-14-8/h7-8H,1-6,12H2. The molecule has 15 heavy (non-hydrogen) atoms. The molecule has 1 aromatic rings. The Morgan fingerprint density at radius 1 is 1.40 bits per heavy atom. The first-order valence-corrected chi connectivity index (χ1v) is 7.57. The van der Waals surface area contributed by atoms with E-state index in [-0.39, 0.29) is 5.54 Å². The van der Waals surface area contributed by atoms with Crippen LogP contribution >= 0.6 is 23.1 Å². The normalized spacial score (nSPS) is 29.0. The van der Waals surface area contributed by atoms with E-state index in [0.29, 0.717) is 5.25 Å². The molecule has 2 fully saturated rings. The van der Waals surface area contributed by atoms with Crippen molar-refractivity contribution in [3.05, 3.63) is 16.1 Å². The van der Waals surface area contributed by atoms with Gasteiger partial charge in [0, 0.05) is 5.38 Å². The van der Waals surface area contributed by atoms with Gasteiger partial charge in [0.15, 0.2) is 0 Å². The Labute approximate surface area is 98.7 Å². The molecule has 0 amide bonds. The van der Waals surface area contributed by atoms with E-state index >= 15 is 0 Å². The summed E-state index contributed by atoms with van der Waals surface area (Å²) in [6, 6.07) is 0. The van der Waals surface area contributed by atoms with Crippen LogP contribution in [0.2, 0.25) is 0 Å². The average Bonchev–Trinajstić information content (AvgIpc) is 2.84. The van der Waals surface area contributed by atoms with Crippen LogP contribution in [0.3, 0.4) is 0 Å². The molecule has 0 spiro atoms. The molecule has 2 N–H and O–H groups in total. The van der Waals surface area contributed by atoms with E-state index in [1.165, 1.54) is 30.0 Å². The fourth-order valence-corrected chi connectivity index (χ4v) is 4.71. The van der Waals surface area contributed by atoms with Gasteiger partial charge in [-0.15, -0.1) is 11.3 Å². The maximum atomic E-state index is 6.27. The summed E-state index contributed by atoms with van der Waals surface area (Å²) in [4.78, 5) is 4.76. The summed E-state index contributed by atoms with van der Waals surface area (Å²) in [7, 11) is 0. The van der Waals surface area contributed by atoms with Crippen LogP contribution in [0.5, 0.6) is 0 Å². The third kappa shape index (κ3) is 1.73. The SMILES string of the molecule is NC1(c2csc(C3CCCS3)n2)CCC1. The third-order valence-electron chi connectivity index (χ3n) is 3.48. The second-order valence-electron chi connectivity index (χ2n) is 4.58. The van der Waals surface area contributed by atoms with Crippen molar-refractivity contribution in [3.8, 4) is 0 Å². The fourth-order valence-electron chi connectivity index (χ4n) is 2.25. The molecule has 2 aliphatic rings. The van der Waals surface area contributed by atoms with Crippen LogP contribution in [-0.4, -0.2) is 10.7 Å². The molecule has 1 saturated heterocycles. The predicted molar refractivity (Wildman–Crippen MR) is 66.3 cm³/mol. The molecule has 3 rings (SSSR count). The molecular formula is C11H16N2S2. The monoisotopic (exact) mass is 240 g/mol. The highest BCUT2D eigenvalue weighted by atomic mass is 32.2. The van der Waals surface area contributed by atoms with E-state index in [1.54, 1.807) is 0 Å². The van der Waals surface area contributed by atoms with Gasteiger partial charge in [-0.3, -0.25) is 0 Å². The molecule has 0 aromatic carbocycles. The third-order valence-corrected chi connectivity index (χ3v) is 5.98. The van der Waals surface area contributed by atoms with Gasteiger partial charge in [0.05, 0.1) is 16.5 Å². The van der Waals surface area contributed by atoms with Crippen molar-refractivity contribution in [1.29, 1.82) is 0 Å². The summed E-state index contributed by atoms with van der Waals surface area (Å²) in [5.74, 6) is 1.30. The van der Waals surface area contributed by atoms with Crippen molar-refractivity contribution in [2.75, 3.05) is 5.75 Å². The zero-order valence-corrected chi connectivity index (χ0v) is 10.4. The van der Waals surface area contributed by atoms with Gasteiger partial charge < -0.3 is 5.73 Å². The highest BCUT2D eigenvalue weighted by molar-refractivity contribution is 7.99. The molecule has 1 saturated carbocycles. The number of hydrogen-bond donors (Lipinski definition) is 1. The molecule has 1 atom stereocenters. The zero-order valence-electron chi connectivity index (χ0n) is 8.74. The van der Waals surface area contributed by atoms with Crippen LogP contribution in [0.4, 0.5) is 0 Å². The fraction of sp³-hybridized carbons (Fsp3) is 0.727. The number of aromatic nitrogens is 1. The van der Waals surface area contributed by atoms with E-state index < -0.39 is 0 Å². The number of nitrogens with two attached hydrogens (primary N) is 1. The number of thioether (sulfide) groups is 1. The largest absolute Gasteiger partial charge is 0.320 e. The molecule has 1 aromatic heterocycles. The van der Waals surface area contributed by atoms with Gasteiger partial charge in [0.2, 0.25) is 0 Å². The van der Waals surface area contributed by atoms with Gasteiger partial charge >= 0.3 is 0 Å². The minimum Gasteiger partial charge on any atom is -0.320 e. The average molecular weight is 240 g/mol. The summed E-state index contributed by atoms with van der Waals surface area (Å²) >= 11 is 3.86. The van der Waals surface area contributed by atoms with Crippen molar-refractivity contribution in [2.24, 2.45) is 5.73 Å². The first kappa shape index (κ1) is 10.1. The maximum absolute atomic E-state index is 6.27. The van der Waals surface area contributed by atoms with Crippen molar-refractivity contribution in [3.63, 3.8) is 0 Å². The Bertz CT molecular complexity index is 351. The first-order valence-electron chi connectivity index (χ1n) is 5.64. The summed E-state index contributed by atoms with van der Waals surface area (Å²) in [5.41, 5.74) is 7.36. The molecule has 0 bridgehead atoms. The smallest absolute Gasteiger partial charge is 0.106 e. The highest BCUT2D eigenvalue weighted by Crippen LogP contribution is 2.44. The Hall–Kier alpha value is -0.0600. The summed E-state index contributed by atoms with van der Waals surface area (Å²) in [6.45, 7) is 0. The maximum Gasteiger partial charge on any atom is 0.106 e. The van der Waals surface area contributed by atoms with Crippen LogP contribution in [0.1, 0.15) is 48.1 Å². The van der Waals surface area contributed by atoms with Crippen LogP contribution in [0.25, 0.3) is 0 Å². The predicted octanol–water partition coefficient (Wildman–Crippen LogP) is 3.05. The van der Waals surface area contributed by atoms with E-state index in [1.807, 2.05) is 11.3 Å². The molecular weight excluding hydrogens is 224 g/mol. The molecule has 1 aliphatic heterocycles. The minimum absolute atomic E-state index is 0.0714. The van der Waals surface area contributed by atoms with Gasteiger partial charge in [0.25, 0.3) is 0 Å². The van der Waals surface area contributed by atoms with Gasteiger partial charge in [-0.1, -0.05) is 0 Å². The zero-order chi connectivity index (χ0) is 10.3. The van der Waals surface area contributed by atoms with Gasteiger partial charge in [-0.25, -0.2) is 4.98 Å². The van der Waals surface area contributed by atoms with Crippen molar-refractivity contribution in [1.82, 2.24) is 4.98 Å². The van der Waals surface area contributed by atoms with Gasteiger partial charge in [0.1, 0.15) is 5.01 Å². The van der Waals surface area contributed by atoms with Crippen LogP contribution in [0, 0.1) is 0 Å². The Morgan fingerprint density at radius 3 is 2.87 bits per heavy atom. The highest BCUT2D eigenvalue weighted by Gasteiger charge is 2.37. The second kappa shape index (κ2) is 3.75. The minimum atomic E-state index is -0.0714. The first-order chi connectivity index (χ1) is 7.28. The van der Waals surface area contributed by atoms with E-state index in [9.17, 15) is 0 Å². The van der Waals surface area contributed by atoms with E-state index in [2.05, 4.69) is 17.1 Å². The Morgan fingerprint density at radius 2 is 2.27 bits per heavy atom. The van der Waals surface area contributed by atoms with Gasteiger partial charge in [-0.2, -0.15) is 11.8 Å².